The Kier molecular flexibility index (Phi) is 3.30. The van der Waals surface area contributed by atoms with E-state index in [1.165, 1.54) is 12.1 Å². The van der Waals surface area contributed by atoms with Crippen molar-refractivity contribution in [3.8, 4) is 0 Å². The highest BCUT2D eigenvalue weighted by molar-refractivity contribution is 7.93. The predicted octanol–water partition coefficient (Wildman–Crippen LogP) is 2.77. The molecule has 21 heavy (non-hydrogen) atoms. The van der Waals surface area contributed by atoms with Crippen molar-refractivity contribution >= 4 is 38.5 Å². The van der Waals surface area contributed by atoms with Gasteiger partial charge in [-0.3, -0.25) is 4.72 Å². The van der Waals surface area contributed by atoms with Crippen LogP contribution in [0.15, 0.2) is 41.3 Å². The SMILES string of the molecule is O=S(=O)(Nc1cc(F)cc(F)c1)c1cccc2nsnc12. The van der Waals surface area contributed by atoms with Crippen molar-refractivity contribution in [3.05, 3.63) is 48.0 Å². The highest BCUT2D eigenvalue weighted by Crippen LogP contribution is 2.24. The van der Waals surface area contributed by atoms with E-state index in [9.17, 15) is 17.2 Å². The van der Waals surface area contributed by atoms with Crippen LogP contribution in [0.4, 0.5) is 14.5 Å². The van der Waals surface area contributed by atoms with Gasteiger partial charge in [0.05, 0.1) is 17.4 Å². The maximum absolute atomic E-state index is 13.1. The molecule has 5 nitrogen and oxygen atoms in total. The van der Waals surface area contributed by atoms with Gasteiger partial charge >= 0.3 is 0 Å². The molecule has 1 aromatic heterocycles. The summed E-state index contributed by atoms with van der Waals surface area (Å²) in [4.78, 5) is -0.0987. The second-order valence-corrected chi connectivity index (χ2v) is 6.33. The van der Waals surface area contributed by atoms with Crippen molar-refractivity contribution in [2.45, 2.75) is 4.90 Å². The zero-order chi connectivity index (χ0) is 15.0. The fourth-order valence-corrected chi connectivity index (χ4v) is 3.63. The van der Waals surface area contributed by atoms with Crippen LogP contribution in [-0.2, 0) is 10.0 Å². The van der Waals surface area contributed by atoms with Gasteiger partial charge in [-0.15, -0.1) is 0 Å². The topological polar surface area (TPSA) is 72.0 Å². The molecule has 0 aliphatic carbocycles. The minimum absolute atomic E-state index is 0.0987. The number of sulfonamides is 1. The number of aromatic nitrogens is 2. The molecule has 0 amide bonds. The molecule has 0 spiro atoms. The Morgan fingerprint density at radius 1 is 1.05 bits per heavy atom. The summed E-state index contributed by atoms with van der Waals surface area (Å²) in [5, 5.41) is 0. The first kappa shape index (κ1) is 13.8. The quantitative estimate of drug-likeness (QED) is 0.803. The van der Waals surface area contributed by atoms with E-state index < -0.39 is 21.7 Å². The van der Waals surface area contributed by atoms with Crippen molar-refractivity contribution < 1.29 is 17.2 Å². The van der Waals surface area contributed by atoms with Gasteiger partial charge in [0, 0.05) is 6.07 Å². The van der Waals surface area contributed by atoms with E-state index in [0.717, 1.165) is 23.9 Å². The second kappa shape index (κ2) is 5.01. The Labute approximate surface area is 122 Å². The number of benzene rings is 2. The minimum atomic E-state index is -4.02. The fraction of sp³-hybridized carbons (Fsp3) is 0. The van der Waals surface area contributed by atoms with E-state index in [2.05, 4.69) is 13.5 Å². The van der Waals surface area contributed by atoms with E-state index >= 15 is 0 Å². The van der Waals surface area contributed by atoms with Crippen LogP contribution in [0.3, 0.4) is 0 Å². The van der Waals surface area contributed by atoms with Crippen LogP contribution in [0.25, 0.3) is 11.0 Å². The third kappa shape index (κ3) is 2.69. The van der Waals surface area contributed by atoms with E-state index in [1.807, 2.05) is 0 Å². The lowest BCUT2D eigenvalue weighted by Gasteiger charge is -2.08. The average molecular weight is 327 g/mol. The average Bonchev–Trinajstić information content (AvgIpc) is 2.84. The number of hydrogen-bond acceptors (Lipinski definition) is 5. The third-order valence-electron chi connectivity index (χ3n) is 2.65. The molecule has 1 heterocycles. The molecule has 2 aromatic carbocycles. The molecule has 0 aliphatic heterocycles. The van der Waals surface area contributed by atoms with E-state index in [0.29, 0.717) is 11.6 Å². The Balaban J connectivity index is 2.06. The Hall–Kier alpha value is -2.13. The summed E-state index contributed by atoms with van der Waals surface area (Å²) in [5.41, 5.74) is 0.452. The number of nitrogens with zero attached hydrogens (tertiary/aromatic N) is 2. The maximum atomic E-state index is 13.1. The molecule has 9 heteroatoms. The third-order valence-corrected chi connectivity index (χ3v) is 4.61. The lowest BCUT2D eigenvalue weighted by Crippen LogP contribution is -2.13. The van der Waals surface area contributed by atoms with Crippen LogP contribution in [0.1, 0.15) is 0 Å². The fourth-order valence-electron chi connectivity index (χ4n) is 1.82. The van der Waals surface area contributed by atoms with Crippen molar-refractivity contribution in [1.29, 1.82) is 0 Å². The standard InChI is InChI=1S/C12H7F2N3O2S2/c13-7-4-8(14)6-9(5-7)17-21(18,19)11-3-1-2-10-12(11)16-20-15-10/h1-6,17H. The van der Waals surface area contributed by atoms with Gasteiger partial charge in [-0.05, 0) is 24.3 Å². The van der Waals surface area contributed by atoms with Crippen LogP contribution in [0, 0.1) is 11.6 Å². The molecule has 0 atom stereocenters. The molecule has 0 bridgehead atoms. The van der Waals surface area contributed by atoms with Crippen LogP contribution < -0.4 is 4.72 Å². The van der Waals surface area contributed by atoms with Crippen LogP contribution in [-0.4, -0.2) is 17.2 Å². The van der Waals surface area contributed by atoms with Crippen LogP contribution >= 0.6 is 11.7 Å². The van der Waals surface area contributed by atoms with Crippen molar-refractivity contribution in [1.82, 2.24) is 8.75 Å². The summed E-state index contributed by atoms with van der Waals surface area (Å²) in [5.74, 6) is -1.75. The van der Waals surface area contributed by atoms with Gasteiger partial charge in [0.2, 0.25) is 0 Å². The number of anilines is 1. The number of fused-ring (bicyclic) bond motifs is 1. The summed E-state index contributed by atoms with van der Waals surface area (Å²) < 4.78 is 60.9. The zero-order valence-electron chi connectivity index (χ0n) is 10.2. The summed E-state index contributed by atoms with van der Waals surface area (Å²) >= 11 is 0.882. The van der Waals surface area contributed by atoms with E-state index in [-0.39, 0.29) is 16.1 Å². The van der Waals surface area contributed by atoms with Gasteiger partial charge in [-0.1, -0.05) is 6.07 Å². The molecule has 0 unspecified atom stereocenters. The number of rotatable bonds is 3. The minimum Gasteiger partial charge on any atom is -0.279 e. The molecular weight excluding hydrogens is 320 g/mol. The molecule has 0 fully saturated rings. The van der Waals surface area contributed by atoms with Crippen molar-refractivity contribution in [2.24, 2.45) is 0 Å². The lowest BCUT2D eigenvalue weighted by molar-refractivity contribution is 0.584. The monoisotopic (exact) mass is 327 g/mol. The summed E-state index contributed by atoms with van der Waals surface area (Å²) in [6.07, 6.45) is 0. The summed E-state index contributed by atoms with van der Waals surface area (Å²) in [6, 6.07) is 6.93. The first-order valence-electron chi connectivity index (χ1n) is 5.66. The summed E-state index contributed by atoms with van der Waals surface area (Å²) in [6.45, 7) is 0. The Morgan fingerprint density at radius 2 is 1.76 bits per heavy atom. The molecule has 0 radical (unpaired) electrons. The Morgan fingerprint density at radius 3 is 2.48 bits per heavy atom. The molecule has 108 valence electrons. The largest absolute Gasteiger partial charge is 0.279 e. The first-order valence-corrected chi connectivity index (χ1v) is 7.87. The molecule has 1 N–H and O–H groups in total. The van der Waals surface area contributed by atoms with E-state index in [1.54, 1.807) is 6.07 Å². The molecule has 0 saturated heterocycles. The lowest BCUT2D eigenvalue weighted by atomic mass is 10.3. The predicted molar refractivity (Wildman–Crippen MR) is 74.6 cm³/mol. The number of halogens is 2. The molecule has 0 saturated carbocycles. The second-order valence-electron chi connectivity index (χ2n) is 4.15. The molecule has 3 rings (SSSR count). The van der Waals surface area contributed by atoms with Crippen molar-refractivity contribution in [2.75, 3.05) is 4.72 Å². The normalized spacial score (nSPS) is 11.7. The maximum Gasteiger partial charge on any atom is 0.264 e. The molecule has 3 aromatic rings. The Bertz CT molecular complexity index is 905. The first-order chi connectivity index (χ1) is 9.95. The smallest absolute Gasteiger partial charge is 0.264 e. The van der Waals surface area contributed by atoms with Crippen molar-refractivity contribution in [3.63, 3.8) is 0 Å². The molecule has 0 aliphatic rings. The van der Waals surface area contributed by atoms with Gasteiger partial charge < -0.3 is 0 Å². The highest BCUT2D eigenvalue weighted by Gasteiger charge is 2.20. The van der Waals surface area contributed by atoms with Gasteiger partial charge in [0.1, 0.15) is 27.6 Å². The summed E-state index contributed by atoms with van der Waals surface area (Å²) in [7, 11) is -4.02. The molecular formula is C12H7F2N3O2S2. The highest BCUT2D eigenvalue weighted by atomic mass is 32.2. The van der Waals surface area contributed by atoms with Gasteiger partial charge in [0.25, 0.3) is 10.0 Å². The van der Waals surface area contributed by atoms with Gasteiger partial charge in [-0.25, -0.2) is 17.2 Å². The van der Waals surface area contributed by atoms with Crippen LogP contribution in [0.5, 0.6) is 0 Å². The number of nitrogens with one attached hydrogen (secondary N) is 1. The van der Waals surface area contributed by atoms with Gasteiger partial charge in [-0.2, -0.15) is 8.75 Å². The van der Waals surface area contributed by atoms with Crippen LogP contribution in [0.2, 0.25) is 0 Å². The number of hydrogen-bond donors (Lipinski definition) is 1. The van der Waals surface area contributed by atoms with E-state index in [4.69, 9.17) is 0 Å². The zero-order valence-corrected chi connectivity index (χ0v) is 11.9. The van der Waals surface area contributed by atoms with Gasteiger partial charge in [0.15, 0.2) is 0 Å².